The number of phenols is 1. The van der Waals surface area contributed by atoms with Crippen LogP contribution in [0.2, 0.25) is 0 Å². The van der Waals surface area contributed by atoms with Gasteiger partial charge in [0.1, 0.15) is 16.2 Å². The zero-order valence-corrected chi connectivity index (χ0v) is 10.5. The van der Waals surface area contributed by atoms with Gasteiger partial charge in [0.25, 0.3) is 5.91 Å². The second kappa shape index (κ2) is 5.09. The topological polar surface area (TPSA) is 75.1 Å². The predicted octanol–water partition coefficient (Wildman–Crippen LogP) is 2.34. The number of halogens is 2. The Labute approximate surface area is 110 Å². The van der Waals surface area contributed by atoms with Crippen molar-refractivity contribution in [1.29, 1.82) is 0 Å². The van der Waals surface area contributed by atoms with E-state index in [1.165, 1.54) is 24.5 Å². The number of rotatable bonds is 2. The minimum absolute atomic E-state index is 0.183. The van der Waals surface area contributed by atoms with Crippen LogP contribution in [0.4, 0.5) is 10.2 Å². The van der Waals surface area contributed by atoms with Crippen molar-refractivity contribution in [3.8, 4) is 5.75 Å². The number of carbonyl (C=O) groups excluding carboxylic acids is 1. The number of aromatic hydroxyl groups is 1. The fraction of sp³-hybridized carbons (Fsp3) is 0. The van der Waals surface area contributed by atoms with Gasteiger partial charge in [0, 0.05) is 6.07 Å². The Kier molecular flexibility index (Phi) is 3.52. The predicted molar refractivity (Wildman–Crippen MR) is 65.8 cm³/mol. The molecule has 0 bridgehead atoms. The Bertz CT molecular complexity index is 589. The second-order valence-electron chi connectivity index (χ2n) is 3.34. The number of anilines is 1. The van der Waals surface area contributed by atoms with Crippen molar-refractivity contribution in [3.05, 3.63) is 46.6 Å². The first-order valence-electron chi connectivity index (χ1n) is 4.83. The number of carbonyl (C=O) groups is 1. The first-order chi connectivity index (χ1) is 8.56. The highest BCUT2D eigenvalue weighted by atomic mass is 79.9. The maximum absolute atomic E-state index is 13.4. The molecule has 1 aromatic carbocycles. The molecule has 0 unspecified atom stereocenters. The molecule has 0 fully saturated rings. The third kappa shape index (κ3) is 2.80. The van der Waals surface area contributed by atoms with Gasteiger partial charge in [-0.2, -0.15) is 0 Å². The quantitative estimate of drug-likeness (QED) is 0.892. The molecule has 92 valence electrons. The molecular weight excluding hydrogens is 305 g/mol. The molecule has 0 saturated carbocycles. The highest BCUT2D eigenvalue weighted by Gasteiger charge is 2.12. The van der Waals surface area contributed by atoms with E-state index in [4.69, 9.17) is 5.11 Å². The van der Waals surface area contributed by atoms with Crippen LogP contribution in [0.25, 0.3) is 0 Å². The summed E-state index contributed by atoms with van der Waals surface area (Å²) in [7, 11) is 0. The van der Waals surface area contributed by atoms with E-state index >= 15 is 0 Å². The maximum Gasteiger partial charge on any atom is 0.259 e. The smallest absolute Gasteiger partial charge is 0.259 e. The number of benzene rings is 1. The van der Waals surface area contributed by atoms with E-state index < -0.39 is 11.7 Å². The van der Waals surface area contributed by atoms with Crippen LogP contribution in [-0.2, 0) is 0 Å². The minimum Gasteiger partial charge on any atom is -0.508 e. The van der Waals surface area contributed by atoms with Gasteiger partial charge in [-0.05, 0) is 28.1 Å². The van der Waals surface area contributed by atoms with E-state index in [9.17, 15) is 9.18 Å². The fourth-order valence-corrected chi connectivity index (χ4v) is 1.45. The second-order valence-corrected chi connectivity index (χ2v) is 4.16. The summed E-state index contributed by atoms with van der Waals surface area (Å²) in [4.78, 5) is 19.5. The summed E-state index contributed by atoms with van der Waals surface area (Å²) >= 11 is 3.10. The summed E-state index contributed by atoms with van der Waals surface area (Å²) in [6, 6.07) is 3.28. The number of hydrogen-bond acceptors (Lipinski definition) is 4. The Morgan fingerprint density at radius 1 is 1.33 bits per heavy atom. The van der Waals surface area contributed by atoms with Crippen molar-refractivity contribution in [1.82, 2.24) is 9.97 Å². The maximum atomic E-state index is 13.4. The number of hydrogen-bond donors (Lipinski definition) is 2. The van der Waals surface area contributed by atoms with E-state index in [0.717, 1.165) is 6.07 Å². The molecule has 18 heavy (non-hydrogen) atoms. The molecule has 1 heterocycles. The molecule has 0 saturated heterocycles. The van der Waals surface area contributed by atoms with E-state index in [-0.39, 0.29) is 17.1 Å². The summed E-state index contributed by atoms with van der Waals surface area (Å²) in [5, 5.41) is 11.4. The van der Waals surface area contributed by atoms with Gasteiger partial charge in [-0.3, -0.25) is 4.79 Å². The first kappa shape index (κ1) is 12.4. The zero-order chi connectivity index (χ0) is 13.1. The fourth-order valence-electron chi connectivity index (χ4n) is 1.25. The van der Waals surface area contributed by atoms with Gasteiger partial charge in [-0.15, -0.1) is 0 Å². The number of phenolic OH excluding ortho intramolecular Hbond substituents is 1. The van der Waals surface area contributed by atoms with Gasteiger partial charge in [0.2, 0.25) is 0 Å². The Morgan fingerprint density at radius 3 is 2.72 bits per heavy atom. The molecule has 0 aliphatic rings. The average molecular weight is 312 g/mol. The van der Waals surface area contributed by atoms with Crippen molar-refractivity contribution in [3.63, 3.8) is 0 Å². The molecular formula is C11H7BrFN3O2. The summed E-state index contributed by atoms with van der Waals surface area (Å²) in [5.41, 5.74) is -0.183. The Morgan fingerprint density at radius 2 is 2.11 bits per heavy atom. The standard InChI is InChI=1S/C11H7BrFN3O2/c12-9-4-15-10(5-14-9)16-11(18)7-2-1-6(17)3-8(7)13/h1-5,17H,(H,15,16,18). The van der Waals surface area contributed by atoms with Crippen LogP contribution in [0, 0.1) is 5.82 Å². The van der Waals surface area contributed by atoms with E-state index in [1.807, 2.05) is 0 Å². The third-order valence-corrected chi connectivity index (χ3v) is 2.47. The van der Waals surface area contributed by atoms with E-state index in [0.29, 0.717) is 4.60 Å². The largest absolute Gasteiger partial charge is 0.508 e. The Balaban J connectivity index is 2.19. The van der Waals surface area contributed by atoms with Gasteiger partial charge in [0.15, 0.2) is 5.82 Å². The van der Waals surface area contributed by atoms with Gasteiger partial charge >= 0.3 is 0 Å². The lowest BCUT2D eigenvalue weighted by molar-refractivity contribution is 0.102. The zero-order valence-electron chi connectivity index (χ0n) is 8.89. The molecule has 0 spiro atoms. The number of nitrogens with zero attached hydrogens (tertiary/aromatic N) is 2. The lowest BCUT2D eigenvalue weighted by Gasteiger charge is -2.05. The highest BCUT2D eigenvalue weighted by Crippen LogP contribution is 2.16. The first-order valence-corrected chi connectivity index (χ1v) is 5.63. The van der Waals surface area contributed by atoms with Gasteiger partial charge in [-0.1, -0.05) is 0 Å². The molecule has 7 heteroatoms. The lowest BCUT2D eigenvalue weighted by atomic mass is 10.2. The summed E-state index contributed by atoms with van der Waals surface area (Å²) in [6.07, 6.45) is 2.74. The van der Waals surface area contributed by atoms with Crippen molar-refractivity contribution in [2.45, 2.75) is 0 Å². The van der Waals surface area contributed by atoms with Crippen LogP contribution < -0.4 is 5.32 Å². The molecule has 0 radical (unpaired) electrons. The molecule has 2 N–H and O–H groups in total. The van der Waals surface area contributed by atoms with Crippen molar-refractivity contribution >= 4 is 27.7 Å². The van der Waals surface area contributed by atoms with Gasteiger partial charge < -0.3 is 10.4 Å². The van der Waals surface area contributed by atoms with Crippen LogP contribution >= 0.6 is 15.9 Å². The van der Waals surface area contributed by atoms with Crippen molar-refractivity contribution in [2.75, 3.05) is 5.32 Å². The Hall–Kier alpha value is -2.02. The minimum atomic E-state index is -0.808. The van der Waals surface area contributed by atoms with Gasteiger partial charge in [-0.25, -0.2) is 14.4 Å². The summed E-state index contributed by atoms with van der Waals surface area (Å²) in [6.45, 7) is 0. The molecule has 0 aliphatic heterocycles. The number of amides is 1. The van der Waals surface area contributed by atoms with Crippen LogP contribution in [0.1, 0.15) is 10.4 Å². The molecule has 0 atom stereocenters. The van der Waals surface area contributed by atoms with Crippen molar-refractivity contribution in [2.24, 2.45) is 0 Å². The van der Waals surface area contributed by atoms with Crippen LogP contribution in [0.3, 0.4) is 0 Å². The molecule has 1 aromatic heterocycles. The molecule has 5 nitrogen and oxygen atoms in total. The number of aromatic nitrogens is 2. The van der Waals surface area contributed by atoms with Gasteiger partial charge in [0.05, 0.1) is 18.0 Å². The average Bonchev–Trinajstić information content (AvgIpc) is 2.32. The molecule has 2 rings (SSSR count). The molecule has 1 amide bonds. The summed E-state index contributed by atoms with van der Waals surface area (Å²) in [5.74, 6) is -1.51. The third-order valence-electron chi connectivity index (χ3n) is 2.06. The van der Waals surface area contributed by atoms with Crippen molar-refractivity contribution < 1.29 is 14.3 Å². The van der Waals surface area contributed by atoms with Crippen LogP contribution in [-0.4, -0.2) is 21.0 Å². The van der Waals surface area contributed by atoms with E-state index in [2.05, 4.69) is 31.2 Å². The monoisotopic (exact) mass is 311 g/mol. The summed E-state index contributed by atoms with van der Waals surface area (Å²) < 4.78 is 13.9. The molecule has 0 aliphatic carbocycles. The van der Waals surface area contributed by atoms with Crippen LogP contribution in [0.15, 0.2) is 35.2 Å². The normalized spacial score (nSPS) is 10.1. The highest BCUT2D eigenvalue weighted by molar-refractivity contribution is 9.10. The molecule has 2 aromatic rings. The SMILES string of the molecule is O=C(Nc1cnc(Br)cn1)c1ccc(O)cc1F. The lowest BCUT2D eigenvalue weighted by Crippen LogP contribution is -2.14. The number of nitrogens with one attached hydrogen (secondary N) is 1. The van der Waals surface area contributed by atoms with E-state index in [1.54, 1.807) is 0 Å². The van der Waals surface area contributed by atoms with Crippen LogP contribution in [0.5, 0.6) is 5.75 Å².